The molecule has 2 rings (SSSR count). The Hall–Kier alpha value is -1.62. The molecule has 0 radical (unpaired) electrons. The van der Waals surface area contributed by atoms with Crippen molar-refractivity contribution in [2.24, 2.45) is 0 Å². The molecule has 1 unspecified atom stereocenters. The minimum absolute atomic E-state index is 0.160. The van der Waals surface area contributed by atoms with Gasteiger partial charge in [0, 0.05) is 31.5 Å². The quantitative estimate of drug-likeness (QED) is 0.714. The highest BCUT2D eigenvalue weighted by Gasteiger charge is 2.13. The van der Waals surface area contributed by atoms with E-state index in [2.05, 4.69) is 20.9 Å². The van der Waals surface area contributed by atoms with Crippen LogP contribution < -0.4 is 16.0 Å². The SMILES string of the molecule is CNC(=O)c1cc(NCC2CCCN2)ccn1. The van der Waals surface area contributed by atoms with Crippen LogP contribution in [0.3, 0.4) is 0 Å². The molecule has 92 valence electrons. The van der Waals surface area contributed by atoms with Gasteiger partial charge in [-0.15, -0.1) is 0 Å². The number of carbonyl (C=O) groups is 1. The summed E-state index contributed by atoms with van der Waals surface area (Å²) in [4.78, 5) is 15.4. The number of pyridine rings is 1. The molecule has 5 heteroatoms. The summed E-state index contributed by atoms with van der Waals surface area (Å²) in [6.45, 7) is 1.99. The molecule has 0 spiro atoms. The van der Waals surface area contributed by atoms with E-state index in [4.69, 9.17) is 0 Å². The van der Waals surface area contributed by atoms with E-state index in [0.717, 1.165) is 18.8 Å². The Morgan fingerprint density at radius 1 is 1.65 bits per heavy atom. The highest BCUT2D eigenvalue weighted by atomic mass is 16.1. The number of rotatable bonds is 4. The Balaban J connectivity index is 1.93. The molecular weight excluding hydrogens is 216 g/mol. The molecule has 1 aliphatic rings. The fourth-order valence-corrected chi connectivity index (χ4v) is 1.96. The number of hydrogen-bond acceptors (Lipinski definition) is 4. The average Bonchev–Trinajstić information content (AvgIpc) is 2.89. The van der Waals surface area contributed by atoms with Crippen molar-refractivity contribution in [3.05, 3.63) is 24.0 Å². The molecule has 0 saturated carbocycles. The van der Waals surface area contributed by atoms with Gasteiger partial charge in [0.2, 0.25) is 0 Å². The number of anilines is 1. The third-order valence-electron chi connectivity index (χ3n) is 2.93. The molecule has 2 heterocycles. The molecule has 1 aromatic rings. The average molecular weight is 234 g/mol. The van der Waals surface area contributed by atoms with Crippen LogP contribution in [0.15, 0.2) is 18.3 Å². The van der Waals surface area contributed by atoms with Crippen LogP contribution in [0.2, 0.25) is 0 Å². The van der Waals surface area contributed by atoms with Crippen LogP contribution >= 0.6 is 0 Å². The molecular formula is C12H18N4O. The predicted molar refractivity (Wildman–Crippen MR) is 67.1 cm³/mol. The van der Waals surface area contributed by atoms with Crippen LogP contribution in [0.1, 0.15) is 23.3 Å². The first kappa shape index (κ1) is 11.9. The van der Waals surface area contributed by atoms with Crippen molar-refractivity contribution in [2.45, 2.75) is 18.9 Å². The molecule has 17 heavy (non-hydrogen) atoms. The topological polar surface area (TPSA) is 66.1 Å². The van der Waals surface area contributed by atoms with E-state index < -0.39 is 0 Å². The second kappa shape index (κ2) is 5.63. The van der Waals surface area contributed by atoms with Crippen LogP contribution in [0.25, 0.3) is 0 Å². The zero-order valence-corrected chi connectivity index (χ0v) is 9.99. The Morgan fingerprint density at radius 3 is 3.24 bits per heavy atom. The maximum atomic E-state index is 11.4. The first-order valence-electron chi connectivity index (χ1n) is 5.95. The number of hydrogen-bond donors (Lipinski definition) is 3. The van der Waals surface area contributed by atoms with Crippen molar-refractivity contribution in [2.75, 3.05) is 25.5 Å². The van der Waals surface area contributed by atoms with Crippen LogP contribution in [-0.4, -0.2) is 37.1 Å². The Labute approximate surface area is 101 Å². The smallest absolute Gasteiger partial charge is 0.269 e. The van der Waals surface area contributed by atoms with Crippen LogP contribution in [0, 0.1) is 0 Å². The zero-order valence-electron chi connectivity index (χ0n) is 9.99. The minimum atomic E-state index is -0.160. The van der Waals surface area contributed by atoms with E-state index in [9.17, 15) is 4.79 Å². The summed E-state index contributed by atoms with van der Waals surface area (Å²) < 4.78 is 0. The lowest BCUT2D eigenvalue weighted by molar-refractivity contribution is 0.0958. The van der Waals surface area contributed by atoms with Gasteiger partial charge < -0.3 is 16.0 Å². The van der Waals surface area contributed by atoms with Crippen LogP contribution in [-0.2, 0) is 0 Å². The largest absolute Gasteiger partial charge is 0.383 e. The third kappa shape index (κ3) is 3.17. The van der Waals surface area contributed by atoms with Crippen molar-refractivity contribution < 1.29 is 4.79 Å². The van der Waals surface area contributed by atoms with Gasteiger partial charge in [0.15, 0.2) is 0 Å². The first-order chi connectivity index (χ1) is 8.29. The monoisotopic (exact) mass is 234 g/mol. The van der Waals surface area contributed by atoms with Crippen molar-refractivity contribution >= 4 is 11.6 Å². The van der Waals surface area contributed by atoms with E-state index >= 15 is 0 Å². The third-order valence-corrected chi connectivity index (χ3v) is 2.93. The number of aromatic nitrogens is 1. The molecule has 1 amide bonds. The highest BCUT2D eigenvalue weighted by molar-refractivity contribution is 5.92. The summed E-state index contributed by atoms with van der Waals surface area (Å²) in [5, 5.41) is 9.31. The number of carbonyl (C=O) groups excluding carboxylic acids is 1. The van der Waals surface area contributed by atoms with Gasteiger partial charge in [0.25, 0.3) is 5.91 Å². The standard InChI is InChI=1S/C12H18N4O/c1-13-12(17)11-7-9(4-6-15-11)16-8-10-3-2-5-14-10/h4,6-7,10,14H,2-3,5,8H2,1H3,(H,13,17)(H,15,16). The van der Waals surface area contributed by atoms with Crippen LogP contribution in [0.5, 0.6) is 0 Å². The lowest BCUT2D eigenvalue weighted by Crippen LogP contribution is -2.29. The van der Waals surface area contributed by atoms with E-state index in [0.29, 0.717) is 11.7 Å². The lowest BCUT2D eigenvalue weighted by atomic mass is 10.2. The number of nitrogens with zero attached hydrogens (tertiary/aromatic N) is 1. The van der Waals surface area contributed by atoms with Crippen molar-refractivity contribution in [1.82, 2.24) is 15.6 Å². The Bertz CT molecular complexity index is 388. The minimum Gasteiger partial charge on any atom is -0.383 e. The van der Waals surface area contributed by atoms with Crippen molar-refractivity contribution in [3.8, 4) is 0 Å². The molecule has 1 fully saturated rings. The summed E-state index contributed by atoms with van der Waals surface area (Å²) in [6, 6.07) is 4.18. The highest BCUT2D eigenvalue weighted by Crippen LogP contribution is 2.10. The predicted octanol–water partition coefficient (Wildman–Crippen LogP) is 0.605. The Morgan fingerprint density at radius 2 is 2.53 bits per heavy atom. The number of nitrogens with one attached hydrogen (secondary N) is 3. The molecule has 0 aliphatic carbocycles. The van der Waals surface area contributed by atoms with Gasteiger partial charge in [-0.25, -0.2) is 0 Å². The van der Waals surface area contributed by atoms with Gasteiger partial charge in [-0.1, -0.05) is 0 Å². The van der Waals surface area contributed by atoms with Crippen LogP contribution in [0.4, 0.5) is 5.69 Å². The van der Waals surface area contributed by atoms with Gasteiger partial charge in [0.05, 0.1) is 0 Å². The lowest BCUT2D eigenvalue weighted by Gasteiger charge is -2.12. The summed E-state index contributed by atoms with van der Waals surface area (Å²) in [5.41, 5.74) is 1.38. The molecule has 1 aliphatic heterocycles. The molecule has 0 aromatic carbocycles. The van der Waals surface area contributed by atoms with E-state index in [1.165, 1.54) is 12.8 Å². The van der Waals surface area contributed by atoms with Gasteiger partial charge in [-0.3, -0.25) is 9.78 Å². The van der Waals surface area contributed by atoms with Crippen molar-refractivity contribution in [1.29, 1.82) is 0 Å². The molecule has 0 bridgehead atoms. The fourth-order valence-electron chi connectivity index (χ4n) is 1.96. The summed E-state index contributed by atoms with van der Waals surface area (Å²) in [5.74, 6) is -0.160. The summed E-state index contributed by atoms with van der Waals surface area (Å²) >= 11 is 0. The Kier molecular flexibility index (Phi) is 3.93. The van der Waals surface area contributed by atoms with Gasteiger partial charge in [-0.2, -0.15) is 0 Å². The zero-order chi connectivity index (χ0) is 12.1. The molecule has 5 nitrogen and oxygen atoms in total. The van der Waals surface area contributed by atoms with Gasteiger partial charge >= 0.3 is 0 Å². The van der Waals surface area contributed by atoms with E-state index in [1.54, 1.807) is 19.3 Å². The molecule has 1 atom stereocenters. The molecule has 1 saturated heterocycles. The van der Waals surface area contributed by atoms with Gasteiger partial charge in [-0.05, 0) is 31.5 Å². The normalized spacial score (nSPS) is 19.0. The van der Waals surface area contributed by atoms with Gasteiger partial charge in [0.1, 0.15) is 5.69 Å². The second-order valence-electron chi connectivity index (χ2n) is 4.18. The van der Waals surface area contributed by atoms with E-state index in [1.807, 2.05) is 6.07 Å². The van der Waals surface area contributed by atoms with E-state index in [-0.39, 0.29) is 5.91 Å². The molecule has 1 aromatic heterocycles. The summed E-state index contributed by atoms with van der Waals surface area (Å²) in [6.07, 6.45) is 4.10. The fraction of sp³-hybridized carbons (Fsp3) is 0.500. The first-order valence-corrected chi connectivity index (χ1v) is 5.95. The summed E-state index contributed by atoms with van der Waals surface area (Å²) in [7, 11) is 1.60. The maximum Gasteiger partial charge on any atom is 0.269 e. The maximum absolute atomic E-state index is 11.4. The molecule has 3 N–H and O–H groups in total. The van der Waals surface area contributed by atoms with Crippen molar-refractivity contribution in [3.63, 3.8) is 0 Å². The second-order valence-corrected chi connectivity index (χ2v) is 4.18. The number of amides is 1.